The van der Waals surface area contributed by atoms with E-state index in [1.54, 1.807) is 0 Å². The highest BCUT2D eigenvalue weighted by Gasteiger charge is 2.33. The predicted molar refractivity (Wildman–Crippen MR) is 56.0 cm³/mol. The van der Waals surface area contributed by atoms with Crippen molar-refractivity contribution in [2.45, 2.75) is 51.6 Å². The maximum absolute atomic E-state index is 11.0. The topological polar surface area (TPSA) is 41.1 Å². The molecule has 2 N–H and O–H groups in total. The van der Waals surface area contributed by atoms with Crippen LogP contribution in [0.1, 0.15) is 39.5 Å². The van der Waals surface area contributed by atoms with Crippen molar-refractivity contribution < 1.29 is 4.79 Å². The van der Waals surface area contributed by atoms with Crippen molar-refractivity contribution in [3.05, 3.63) is 0 Å². The van der Waals surface area contributed by atoms with Gasteiger partial charge in [-0.25, -0.2) is 0 Å². The molecule has 2 atom stereocenters. The molecule has 1 amide bonds. The van der Waals surface area contributed by atoms with Crippen LogP contribution in [0.25, 0.3) is 0 Å². The second kappa shape index (κ2) is 3.54. The Labute approximate surface area is 85.6 Å². The number of nitrogens with one attached hydrogen (secondary N) is 2. The number of rotatable bonds is 2. The van der Waals surface area contributed by atoms with Crippen LogP contribution in [-0.4, -0.2) is 24.5 Å². The first-order valence-corrected chi connectivity index (χ1v) is 5.58. The maximum atomic E-state index is 11.0. The van der Waals surface area contributed by atoms with Gasteiger partial charge in [0.05, 0.1) is 0 Å². The third kappa shape index (κ3) is 2.27. The van der Waals surface area contributed by atoms with E-state index in [9.17, 15) is 4.79 Å². The van der Waals surface area contributed by atoms with Crippen molar-refractivity contribution in [2.75, 3.05) is 6.54 Å². The molecule has 0 spiro atoms. The van der Waals surface area contributed by atoms with Crippen LogP contribution in [0.5, 0.6) is 0 Å². The van der Waals surface area contributed by atoms with E-state index in [-0.39, 0.29) is 5.91 Å². The van der Waals surface area contributed by atoms with Crippen molar-refractivity contribution in [1.29, 1.82) is 0 Å². The summed E-state index contributed by atoms with van der Waals surface area (Å²) in [6.45, 7) is 5.47. The van der Waals surface area contributed by atoms with Gasteiger partial charge in [0.15, 0.2) is 0 Å². The molecule has 3 heteroatoms. The van der Waals surface area contributed by atoms with Gasteiger partial charge in [-0.2, -0.15) is 0 Å². The molecule has 14 heavy (non-hydrogen) atoms. The van der Waals surface area contributed by atoms with Crippen LogP contribution in [0, 0.1) is 5.41 Å². The quantitative estimate of drug-likeness (QED) is 0.693. The monoisotopic (exact) mass is 196 g/mol. The molecule has 2 fully saturated rings. The van der Waals surface area contributed by atoms with Crippen molar-refractivity contribution in [3.8, 4) is 0 Å². The summed E-state index contributed by atoms with van der Waals surface area (Å²) in [6, 6.07) is 1.00. The minimum Gasteiger partial charge on any atom is -0.354 e. The van der Waals surface area contributed by atoms with Gasteiger partial charge in [0, 0.05) is 25.0 Å². The van der Waals surface area contributed by atoms with Crippen LogP contribution < -0.4 is 10.6 Å². The third-order valence-corrected chi connectivity index (χ3v) is 3.42. The molecule has 1 saturated carbocycles. The fourth-order valence-electron chi connectivity index (χ4n) is 2.63. The van der Waals surface area contributed by atoms with Gasteiger partial charge in [0.25, 0.3) is 0 Å². The van der Waals surface area contributed by atoms with Crippen LogP contribution in [0.15, 0.2) is 0 Å². The van der Waals surface area contributed by atoms with E-state index in [1.165, 1.54) is 19.3 Å². The van der Waals surface area contributed by atoms with Gasteiger partial charge in [-0.3, -0.25) is 4.79 Å². The van der Waals surface area contributed by atoms with E-state index < -0.39 is 0 Å². The fourth-order valence-corrected chi connectivity index (χ4v) is 2.63. The fraction of sp³-hybridized carbons (Fsp3) is 0.909. The maximum Gasteiger partial charge on any atom is 0.221 e. The minimum atomic E-state index is 0.194. The SMILES string of the molecule is CC1(C)CCC(NC2CNC(=O)C2)C1. The minimum absolute atomic E-state index is 0.194. The number of carbonyl (C=O) groups excluding carboxylic acids is 1. The zero-order chi connectivity index (χ0) is 10.2. The lowest BCUT2D eigenvalue weighted by molar-refractivity contribution is -0.119. The first kappa shape index (κ1) is 9.97. The lowest BCUT2D eigenvalue weighted by Crippen LogP contribution is -2.38. The summed E-state index contributed by atoms with van der Waals surface area (Å²) in [5.74, 6) is 0.194. The Balaban J connectivity index is 1.79. The van der Waals surface area contributed by atoms with Gasteiger partial charge in [-0.1, -0.05) is 13.8 Å². The number of hydrogen-bond acceptors (Lipinski definition) is 2. The van der Waals surface area contributed by atoms with Crippen molar-refractivity contribution in [2.24, 2.45) is 5.41 Å². The van der Waals surface area contributed by atoms with Crippen LogP contribution in [0.4, 0.5) is 0 Å². The van der Waals surface area contributed by atoms with E-state index >= 15 is 0 Å². The van der Waals surface area contributed by atoms with E-state index in [4.69, 9.17) is 0 Å². The Bertz CT molecular complexity index is 237. The van der Waals surface area contributed by atoms with Gasteiger partial charge in [-0.05, 0) is 24.7 Å². The van der Waals surface area contributed by atoms with E-state index in [1.807, 2.05) is 0 Å². The molecule has 2 aliphatic rings. The summed E-state index contributed by atoms with van der Waals surface area (Å²) in [5.41, 5.74) is 0.494. The van der Waals surface area contributed by atoms with Crippen molar-refractivity contribution in [3.63, 3.8) is 0 Å². The van der Waals surface area contributed by atoms with Crippen LogP contribution in [0.2, 0.25) is 0 Å². The Kier molecular flexibility index (Phi) is 2.52. The zero-order valence-electron chi connectivity index (χ0n) is 9.10. The standard InChI is InChI=1S/C11H20N2O/c1-11(2)4-3-8(6-11)13-9-5-10(14)12-7-9/h8-9,13H,3-7H2,1-2H3,(H,12,14). The predicted octanol–water partition coefficient (Wildman–Crippen LogP) is 1.04. The Morgan fingerprint density at radius 2 is 2.21 bits per heavy atom. The Morgan fingerprint density at radius 3 is 2.71 bits per heavy atom. The molecule has 0 bridgehead atoms. The van der Waals surface area contributed by atoms with Crippen LogP contribution in [-0.2, 0) is 4.79 Å². The van der Waals surface area contributed by atoms with Gasteiger partial charge < -0.3 is 10.6 Å². The van der Waals surface area contributed by atoms with Crippen molar-refractivity contribution >= 4 is 5.91 Å². The molecule has 1 aliphatic carbocycles. The zero-order valence-corrected chi connectivity index (χ0v) is 9.10. The molecule has 1 heterocycles. The molecular formula is C11H20N2O. The molecule has 1 aliphatic heterocycles. The second-order valence-electron chi connectivity index (χ2n) is 5.48. The molecule has 2 unspecified atom stereocenters. The molecule has 80 valence electrons. The Hall–Kier alpha value is -0.570. The molecule has 0 aromatic heterocycles. The average molecular weight is 196 g/mol. The van der Waals surface area contributed by atoms with Crippen LogP contribution in [0.3, 0.4) is 0 Å². The molecule has 1 saturated heterocycles. The number of hydrogen-bond donors (Lipinski definition) is 2. The molecule has 0 aromatic rings. The van der Waals surface area contributed by atoms with Gasteiger partial charge in [0.2, 0.25) is 5.91 Å². The molecule has 3 nitrogen and oxygen atoms in total. The molecule has 2 rings (SSSR count). The van der Waals surface area contributed by atoms with Gasteiger partial charge >= 0.3 is 0 Å². The lowest BCUT2D eigenvalue weighted by Gasteiger charge is -2.20. The second-order valence-corrected chi connectivity index (χ2v) is 5.48. The average Bonchev–Trinajstić information content (AvgIpc) is 2.59. The Morgan fingerprint density at radius 1 is 1.43 bits per heavy atom. The number of amides is 1. The first-order chi connectivity index (χ1) is 6.55. The summed E-state index contributed by atoms with van der Waals surface area (Å²) in [4.78, 5) is 11.0. The third-order valence-electron chi connectivity index (χ3n) is 3.42. The largest absolute Gasteiger partial charge is 0.354 e. The highest BCUT2D eigenvalue weighted by molar-refractivity contribution is 5.78. The molecular weight excluding hydrogens is 176 g/mol. The number of carbonyl (C=O) groups is 1. The van der Waals surface area contributed by atoms with Crippen molar-refractivity contribution in [1.82, 2.24) is 10.6 Å². The highest BCUT2D eigenvalue weighted by Crippen LogP contribution is 2.37. The highest BCUT2D eigenvalue weighted by atomic mass is 16.1. The summed E-state index contributed by atoms with van der Waals surface area (Å²) < 4.78 is 0. The normalized spacial score (nSPS) is 36.0. The first-order valence-electron chi connectivity index (χ1n) is 5.58. The lowest BCUT2D eigenvalue weighted by atomic mass is 9.92. The molecule has 0 aromatic carbocycles. The van der Waals surface area contributed by atoms with E-state index in [2.05, 4.69) is 24.5 Å². The smallest absolute Gasteiger partial charge is 0.221 e. The summed E-state index contributed by atoms with van der Waals surface area (Å²) in [7, 11) is 0. The van der Waals surface area contributed by atoms with Crippen LogP contribution >= 0.6 is 0 Å². The van der Waals surface area contributed by atoms with E-state index in [0.717, 1.165) is 6.54 Å². The van der Waals surface area contributed by atoms with Gasteiger partial charge in [0.1, 0.15) is 0 Å². The van der Waals surface area contributed by atoms with Gasteiger partial charge in [-0.15, -0.1) is 0 Å². The summed E-state index contributed by atoms with van der Waals surface area (Å²) in [6.07, 6.45) is 4.48. The van der Waals surface area contributed by atoms with E-state index in [0.29, 0.717) is 23.9 Å². The molecule has 0 radical (unpaired) electrons. The summed E-state index contributed by atoms with van der Waals surface area (Å²) >= 11 is 0. The summed E-state index contributed by atoms with van der Waals surface area (Å²) in [5, 5.41) is 6.44.